The topological polar surface area (TPSA) is 113 Å². The smallest absolute Gasteiger partial charge is 0.306 e. The van der Waals surface area contributed by atoms with Crippen molar-refractivity contribution >= 4 is 56.1 Å². The summed E-state index contributed by atoms with van der Waals surface area (Å²) >= 11 is 0. The van der Waals surface area contributed by atoms with E-state index >= 15 is 0 Å². The van der Waals surface area contributed by atoms with Crippen molar-refractivity contribution in [2.24, 2.45) is 5.41 Å². The molecule has 45 heavy (non-hydrogen) atoms. The Balaban J connectivity index is 0.947. The Morgan fingerprint density at radius 2 is 1.49 bits per heavy atom. The fourth-order valence-electron chi connectivity index (χ4n) is 6.48. The van der Waals surface area contributed by atoms with E-state index in [0.717, 1.165) is 44.9 Å². The molecule has 0 radical (unpaired) electrons. The first-order chi connectivity index (χ1) is 21.7. The van der Waals surface area contributed by atoms with Crippen molar-refractivity contribution in [3.8, 4) is 0 Å². The van der Waals surface area contributed by atoms with Crippen molar-refractivity contribution in [1.29, 1.82) is 0 Å². The second-order valence-electron chi connectivity index (χ2n) is 12.8. The number of ether oxygens (including phenoxy) is 1. The molecule has 1 aliphatic heterocycles. The number of rotatable bonds is 15. The van der Waals surface area contributed by atoms with E-state index in [9.17, 15) is 19.2 Å². The third-order valence-corrected chi connectivity index (χ3v) is 9.31. The first-order valence-electron chi connectivity index (χ1n) is 16.3. The Hall–Kier alpha value is -4.20. The van der Waals surface area contributed by atoms with Gasteiger partial charge in [0.1, 0.15) is 0 Å². The highest BCUT2D eigenvalue weighted by Gasteiger charge is 2.33. The van der Waals surface area contributed by atoms with E-state index in [1.54, 1.807) is 0 Å². The van der Waals surface area contributed by atoms with Crippen LogP contribution in [0.15, 0.2) is 54.6 Å². The Labute approximate surface area is 264 Å². The molecule has 1 saturated heterocycles. The number of carboxylic acid groups (broad SMARTS) is 1. The van der Waals surface area contributed by atoms with Gasteiger partial charge in [0.2, 0.25) is 11.8 Å². The lowest BCUT2D eigenvalue weighted by atomic mass is 9.81. The summed E-state index contributed by atoms with van der Waals surface area (Å²) in [7, 11) is 0. The van der Waals surface area contributed by atoms with Gasteiger partial charge in [-0.05, 0) is 76.4 Å². The van der Waals surface area contributed by atoms with Gasteiger partial charge in [0.05, 0.1) is 19.4 Å². The van der Waals surface area contributed by atoms with Crippen molar-refractivity contribution < 1.29 is 29.0 Å². The van der Waals surface area contributed by atoms with Gasteiger partial charge in [-0.1, -0.05) is 67.9 Å². The highest BCUT2D eigenvalue weighted by molar-refractivity contribution is 6.23. The molecular formula is C37H44N2O6. The average molecular weight is 613 g/mol. The lowest BCUT2D eigenvalue weighted by Gasteiger charge is -2.39. The number of aryl methyl sites for hydroxylation is 1. The van der Waals surface area contributed by atoms with Gasteiger partial charge >= 0.3 is 11.9 Å². The number of esters is 1. The van der Waals surface area contributed by atoms with Gasteiger partial charge in [-0.2, -0.15) is 0 Å². The zero-order chi connectivity index (χ0) is 31.8. The zero-order valence-corrected chi connectivity index (χ0v) is 26.2. The number of likely N-dealkylation sites (tertiary alicyclic amines) is 1. The van der Waals surface area contributed by atoms with E-state index in [2.05, 4.69) is 59.9 Å². The lowest BCUT2D eigenvalue weighted by molar-refractivity contribution is -0.151. The van der Waals surface area contributed by atoms with E-state index in [1.165, 1.54) is 37.9 Å². The summed E-state index contributed by atoms with van der Waals surface area (Å²) in [5.74, 6) is -1.29. The number of carboxylic acids is 1. The molecule has 0 aliphatic carbocycles. The monoisotopic (exact) mass is 612 g/mol. The highest BCUT2D eigenvalue weighted by Crippen LogP contribution is 2.36. The Morgan fingerprint density at radius 1 is 0.800 bits per heavy atom. The van der Waals surface area contributed by atoms with Gasteiger partial charge in [-0.25, -0.2) is 0 Å². The number of benzene rings is 4. The molecule has 238 valence electrons. The summed E-state index contributed by atoms with van der Waals surface area (Å²) in [5, 5.41) is 19.4. The molecule has 1 aliphatic rings. The van der Waals surface area contributed by atoms with Gasteiger partial charge in [0.15, 0.2) is 0 Å². The molecule has 4 aromatic carbocycles. The molecule has 8 nitrogen and oxygen atoms in total. The molecule has 0 aromatic heterocycles. The molecule has 0 unspecified atom stereocenters. The largest absolute Gasteiger partial charge is 0.481 e. The van der Waals surface area contributed by atoms with E-state index in [-0.39, 0.29) is 36.7 Å². The van der Waals surface area contributed by atoms with E-state index < -0.39 is 11.9 Å². The van der Waals surface area contributed by atoms with Crippen LogP contribution >= 0.6 is 0 Å². The van der Waals surface area contributed by atoms with Crippen molar-refractivity contribution in [2.45, 2.75) is 77.6 Å². The maximum absolute atomic E-state index is 12.7. The van der Waals surface area contributed by atoms with Gasteiger partial charge in [-0.3, -0.25) is 19.2 Å². The van der Waals surface area contributed by atoms with Crippen LogP contribution in [0.2, 0.25) is 0 Å². The predicted molar refractivity (Wildman–Crippen MR) is 176 cm³/mol. The normalized spacial score (nSPS) is 14.6. The van der Waals surface area contributed by atoms with Crippen LogP contribution in [0.4, 0.5) is 0 Å². The Morgan fingerprint density at radius 3 is 2.22 bits per heavy atom. The third kappa shape index (κ3) is 8.29. The molecule has 1 heterocycles. The number of hydrogen-bond acceptors (Lipinski definition) is 5. The maximum Gasteiger partial charge on any atom is 0.306 e. The fourth-order valence-corrected chi connectivity index (χ4v) is 6.48. The lowest BCUT2D eigenvalue weighted by Crippen LogP contribution is -2.44. The van der Waals surface area contributed by atoms with Crippen LogP contribution in [0.5, 0.6) is 0 Å². The van der Waals surface area contributed by atoms with Crippen LogP contribution in [0.3, 0.4) is 0 Å². The molecule has 1 fully saturated rings. The molecule has 2 amide bonds. The molecule has 2 N–H and O–H groups in total. The minimum absolute atomic E-state index is 0.0766. The number of carbonyl (C=O) groups excluding carboxylic acids is 3. The second kappa shape index (κ2) is 14.7. The highest BCUT2D eigenvalue weighted by atomic mass is 16.5. The third-order valence-electron chi connectivity index (χ3n) is 9.31. The van der Waals surface area contributed by atoms with Gasteiger partial charge < -0.3 is 20.1 Å². The fraction of sp³-hybridized carbons (Fsp3) is 0.459. The van der Waals surface area contributed by atoms with Crippen molar-refractivity contribution in [3.63, 3.8) is 0 Å². The number of carbonyl (C=O) groups is 4. The molecule has 0 spiro atoms. The van der Waals surface area contributed by atoms with Crippen molar-refractivity contribution in [2.75, 3.05) is 26.2 Å². The number of nitrogens with one attached hydrogen (secondary N) is 1. The first-order valence-corrected chi connectivity index (χ1v) is 16.3. The Kier molecular flexibility index (Phi) is 10.5. The van der Waals surface area contributed by atoms with Crippen LogP contribution in [0, 0.1) is 5.41 Å². The molecule has 8 heteroatoms. The van der Waals surface area contributed by atoms with Crippen LogP contribution in [0.1, 0.15) is 76.7 Å². The number of nitrogens with zero attached hydrogens (tertiary/aromatic N) is 1. The summed E-state index contributed by atoms with van der Waals surface area (Å²) in [6.45, 7) is 4.18. The summed E-state index contributed by atoms with van der Waals surface area (Å²) < 4.78 is 5.29. The number of piperidine rings is 1. The van der Waals surface area contributed by atoms with Gasteiger partial charge in [0, 0.05) is 37.9 Å². The minimum atomic E-state index is -1.02. The van der Waals surface area contributed by atoms with Crippen LogP contribution in [-0.2, 0) is 30.3 Å². The van der Waals surface area contributed by atoms with E-state index in [1.807, 2.05) is 11.8 Å². The predicted octanol–water partition coefficient (Wildman–Crippen LogP) is 6.62. The number of unbranched alkanes of at least 4 members (excludes halogenated alkanes) is 2. The van der Waals surface area contributed by atoms with Crippen LogP contribution in [0.25, 0.3) is 32.3 Å². The van der Waals surface area contributed by atoms with Crippen LogP contribution in [-0.4, -0.2) is 60.0 Å². The quantitative estimate of drug-likeness (QED) is 0.0887. The minimum Gasteiger partial charge on any atom is -0.481 e. The zero-order valence-electron chi connectivity index (χ0n) is 26.2. The second-order valence-corrected chi connectivity index (χ2v) is 12.8. The van der Waals surface area contributed by atoms with Gasteiger partial charge in [0.25, 0.3) is 0 Å². The van der Waals surface area contributed by atoms with E-state index in [0.29, 0.717) is 32.5 Å². The summed E-state index contributed by atoms with van der Waals surface area (Å²) in [5.41, 5.74) is 1.09. The summed E-state index contributed by atoms with van der Waals surface area (Å²) in [6.07, 6.45) is 6.30. The molecule has 5 rings (SSSR count). The van der Waals surface area contributed by atoms with Gasteiger partial charge in [-0.15, -0.1) is 0 Å². The van der Waals surface area contributed by atoms with E-state index in [4.69, 9.17) is 9.84 Å². The first kappa shape index (κ1) is 32.2. The van der Waals surface area contributed by atoms with Crippen molar-refractivity contribution in [3.05, 3.63) is 60.2 Å². The molecule has 4 aromatic rings. The number of aliphatic carboxylic acids is 1. The SMILES string of the molecule is CC1(COC(=O)CCC(=O)O)CCN(C(=O)CCCCCNC(=O)CCCc2ccc3ccc4cccc5ccc2c3c45)CC1. The standard InChI is InChI=1S/C37H44N2O6/c1-37(25-45-34(44)19-18-33(42)43)20-23-39(24-21-37)32(41)11-3-2-4-22-38-31(40)10-6-7-26-12-13-29-15-14-27-8-5-9-28-16-17-30(26)36(29)35(27)28/h5,8-9,12-17H,2-4,6-7,10-11,18-25H2,1H3,(H,38,40)(H,42,43). The summed E-state index contributed by atoms with van der Waals surface area (Å²) in [6, 6.07) is 19.6. The molecule has 0 bridgehead atoms. The van der Waals surface area contributed by atoms with Crippen LogP contribution < -0.4 is 5.32 Å². The average Bonchev–Trinajstić information content (AvgIpc) is 3.04. The molecule has 0 atom stereocenters. The van der Waals surface area contributed by atoms with Crippen molar-refractivity contribution in [1.82, 2.24) is 10.2 Å². The number of hydrogen-bond donors (Lipinski definition) is 2. The Bertz CT molecular complexity index is 1640. The number of amides is 2. The molecule has 0 saturated carbocycles. The summed E-state index contributed by atoms with van der Waals surface area (Å²) in [4.78, 5) is 49.4. The molecular weight excluding hydrogens is 568 g/mol. The maximum atomic E-state index is 12.7.